The molecule has 0 bridgehead atoms. The Hall–Kier alpha value is -3.42. The highest BCUT2D eigenvalue weighted by Gasteiger charge is 2.42. The molecule has 0 fully saturated rings. The van der Waals surface area contributed by atoms with Crippen molar-refractivity contribution in [2.45, 2.75) is 52.9 Å². The predicted molar refractivity (Wildman–Crippen MR) is 131 cm³/mol. The summed E-state index contributed by atoms with van der Waals surface area (Å²) in [7, 11) is 4.82. The number of methoxy groups -OCH3 is 4. The van der Waals surface area contributed by atoms with Crippen molar-refractivity contribution in [2.75, 3.05) is 28.4 Å². The zero-order chi connectivity index (χ0) is 26.6. The van der Waals surface area contributed by atoms with Crippen molar-refractivity contribution < 1.29 is 38.1 Å². The molecule has 1 atom stereocenters. The van der Waals surface area contributed by atoms with Crippen LogP contribution in [0.1, 0.15) is 52.9 Å². The number of carbonyl (C=O) groups excluding carboxylic acids is 4. The summed E-state index contributed by atoms with van der Waals surface area (Å²) in [5.41, 5.74) is 1.40. The van der Waals surface area contributed by atoms with Crippen LogP contribution in [0.3, 0.4) is 0 Å². The first-order chi connectivity index (χ1) is 16.5. The summed E-state index contributed by atoms with van der Waals surface area (Å²) in [5, 5.41) is 0. The van der Waals surface area contributed by atoms with Crippen LogP contribution < -0.4 is 0 Å². The van der Waals surface area contributed by atoms with Gasteiger partial charge in [-0.25, -0.2) is 19.2 Å². The molecule has 8 nitrogen and oxygen atoms in total. The minimum absolute atomic E-state index is 0.0176. The van der Waals surface area contributed by atoms with Crippen molar-refractivity contribution in [3.63, 3.8) is 0 Å². The van der Waals surface area contributed by atoms with Crippen molar-refractivity contribution in [3.05, 3.63) is 58.2 Å². The second kappa shape index (κ2) is 14.1. The van der Waals surface area contributed by atoms with Crippen molar-refractivity contribution in [3.8, 4) is 0 Å². The molecule has 192 valence electrons. The van der Waals surface area contributed by atoms with Gasteiger partial charge in [-0.15, -0.1) is 0 Å². The quantitative estimate of drug-likeness (QED) is 0.183. The van der Waals surface area contributed by atoms with E-state index in [-0.39, 0.29) is 23.1 Å². The van der Waals surface area contributed by atoms with Gasteiger partial charge in [-0.1, -0.05) is 35.5 Å². The number of carbonyl (C=O) groups is 4. The van der Waals surface area contributed by atoms with Crippen molar-refractivity contribution in [1.29, 1.82) is 0 Å². The topological polar surface area (TPSA) is 105 Å². The lowest BCUT2D eigenvalue weighted by molar-refractivity contribution is -0.140. The summed E-state index contributed by atoms with van der Waals surface area (Å²) in [6.07, 6.45) is 11.0. The van der Waals surface area contributed by atoms with E-state index in [2.05, 4.69) is 26.0 Å². The van der Waals surface area contributed by atoms with Crippen LogP contribution in [0.15, 0.2) is 58.2 Å². The summed E-state index contributed by atoms with van der Waals surface area (Å²) in [5.74, 6) is -2.92. The molecule has 0 radical (unpaired) electrons. The molecule has 0 saturated heterocycles. The maximum Gasteiger partial charge on any atom is 0.338 e. The van der Waals surface area contributed by atoms with Gasteiger partial charge in [0.15, 0.2) is 0 Å². The highest BCUT2D eigenvalue weighted by atomic mass is 16.5. The number of ether oxygens (including phenoxy) is 4. The van der Waals surface area contributed by atoms with Crippen LogP contribution in [0.25, 0.3) is 0 Å². The first-order valence-electron chi connectivity index (χ1n) is 11.3. The van der Waals surface area contributed by atoms with E-state index < -0.39 is 29.3 Å². The molecule has 0 spiro atoms. The predicted octanol–water partition coefficient (Wildman–Crippen LogP) is 4.32. The normalized spacial score (nSPS) is 18.0. The van der Waals surface area contributed by atoms with Crippen molar-refractivity contribution in [1.82, 2.24) is 0 Å². The van der Waals surface area contributed by atoms with Crippen LogP contribution in [-0.4, -0.2) is 52.3 Å². The Morgan fingerprint density at radius 2 is 1.54 bits per heavy atom. The molecular formula is C27H36O8. The first-order valence-corrected chi connectivity index (χ1v) is 11.3. The number of rotatable bonds is 11. The lowest BCUT2D eigenvalue weighted by Gasteiger charge is -2.35. The fraction of sp³-hybridized carbons (Fsp3) is 0.481. The number of allylic oxidation sites excluding steroid dienone is 5. The van der Waals surface area contributed by atoms with E-state index >= 15 is 0 Å². The summed E-state index contributed by atoms with van der Waals surface area (Å²) >= 11 is 0. The third kappa shape index (κ3) is 8.38. The second-order valence-corrected chi connectivity index (χ2v) is 8.52. The molecule has 0 amide bonds. The molecule has 1 aliphatic rings. The molecular weight excluding hydrogens is 452 g/mol. The number of hydrogen-bond acceptors (Lipinski definition) is 8. The molecule has 8 heteroatoms. The minimum atomic E-state index is -1.13. The van der Waals surface area contributed by atoms with E-state index in [4.69, 9.17) is 18.9 Å². The van der Waals surface area contributed by atoms with Crippen molar-refractivity contribution >= 4 is 23.9 Å². The van der Waals surface area contributed by atoms with Crippen LogP contribution in [0.4, 0.5) is 0 Å². The summed E-state index contributed by atoms with van der Waals surface area (Å²) in [6.45, 7) is 6.13. The third-order valence-electron chi connectivity index (χ3n) is 5.80. The molecule has 0 saturated carbocycles. The number of hydrogen-bond donors (Lipinski definition) is 0. The lowest BCUT2D eigenvalue weighted by atomic mass is 9.68. The van der Waals surface area contributed by atoms with E-state index in [1.165, 1.54) is 45.7 Å². The van der Waals surface area contributed by atoms with E-state index in [1.807, 2.05) is 6.92 Å². The largest absolute Gasteiger partial charge is 0.466 e. The minimum Gasteiger partial charge on any atom is -0.466 e. The zero-order valence-corrected chi connectivity index (χ0v) is 21.7. The SMILES string of the molecule is COC(=O)C=C(C(=O)OC)C1(CCC=C(C)CCC=C(C)C)C=CC(C(=O)OC)=C(C(=O)OC)C1. The molecule has 0 aromatic carbocycles. The molecule has 1 unspecified atom stereocenters. The summed E-state index contributed by atoms with van der Waals surface area (Å²) in [4.78, 5) is 49.9. The monoisotopic (exact) mass is 488 g/mol. The summed E-state index contributed by atoms with van der Waals surface area (Å²) < 4.78 is 19.4. The standard InChI is InChI=1S/C27H36O8/c1-18(2)10-8-11-19(3)12-9-14-27(22(26(31)35-7)16-23(28)32-4)15-13-20(24(29)33-5)21(17-27)25(30)34-6/h10,12-13,15-16H,8-9,11,14,17H2,1-7H3. The van der Waals surface area contributed by atoms with Gasteiger partial charge in [-0.2, -0.15) is 0 Å². The maximum atomic E-state index is 12.8. The van der Waals surface area contributed by atoms with Crippen molar-refractivity contribution in [2.24, 2.45) is 5.41 Å². The average molecular weight is 489 g/mol. The Bertz CT molecular complexity index is 973. The second-order valence-electron chi connectivity index (χ2n) is 8.52. The third-order valence-corrected chi connectivity index (χ3v) is 5.80. The van der Waals surface area contributed by atoms with E-state index in [1.54, 1.807) is 6.08 Å². The Labute approximate surface area is 207 Å². The van der Waals surface area contributed by atoms with Gasteiger partial charge in [0.25, 0.3) is 0 Å². The van der Waals surface area contributed by atoms with E-state index in [9.17, 15) is 19.2 Å². The van der Waals surface area contributed by atoms with Gasteiger partial charge >= 0.3 is 23.9 Å². The molecule has 0 aromatic rings. The summed E-state index contributed by atoms with van der Waals surface area (Å²) in [6, 6.07) is 0. The van der Waals surface area contributed by atoms with E-state index in [0.717, 1.165) is 18.9 Å². The fourth-order valence-electron chi connectivity index (χ4n) is 3.87. The van der Waals surface area contributed by atoms with Crippen LogP contribution in [-0.2, 0) is 38.1 Å². The Morgan fingerprint density at radius 3 is 2.09 bits per heavy atom. The van der Waals surface area contributed by atoms with Gasteiger partial charge < -0.3 is 18.9 Å². The molecule has 0 aliphatic heterocycles. The Morgan fingerprint density at radius 1 is 0.886 bits per heavy atom. The fourth-order valence-corrected chi connectivity index (χ4v) is 3.87. The number of esters is 4. The van der Waals surface area contributed by atoms with Gasteiger partial charge in [0.2, 0.25) is 0 Å². The molecule has 1 aliphatic carbocycles. The molecule has 0 N–H and O–H groups in total. The van der Waals surface area contributed by atoms with Crippen LogP contribution in [0.5, 0.6) is 0 Å². The van der Waals surface area contributed by atoms with Gasteiger partial charge in [-0.05, 0) is 52.9 Å². The Kier molecular flexibility index (Phi) is 11.9. The van der Waals surface area contributed by atoms with Crippen LogP contribution in [0.2, 0.25) is 0 Å². The lowest BCUT2D eigenvalue weighted by Crippen LogP contribution is -2.33. The maximum absolute atomic E-state index is 12.8. The first kappa shape index (κ1) is 29.6. The zero-order valence-electron chi connectivity index (χ0n) is 21.7. The van der Waals surface area contributed by atoms with Crippen LogP contribution in [0, 0.1) is 5.41 Å². The molecule has 1 rings (SSSR count). The van der Waals surface area contributed by atoms with Gasteiger partial charge in [0.05, 0.1) is 45.2 Å². The van der Waals surface area contributed by atoms with Crippen LogP contribution >= 0.6 is 0 Å². The molecule has 0 aromatic heterocycles. The average Bonchev–Trinajstić information content (AvgIpc) is 2.85. The highest BCUT2D eigenvalue weighted by Crippen LogP contribution is 2.45. The van der Waals surface area contributed by atoms with Gasteiger partial charge in [0.1, 0.15) is 0 Å². The molecule has 35 heavy (non-hydrogen) atoms. The Balaban J connectivity index is 3.52. The van der Waals surface area contributed by atoms with Gasteiger partial charge in [-0.3, -0.25) is 0 Å². The van der Waals surface area contributed by atoms with Gasteiger partial charge in [0, 0.05) is 11.5 Å². The van der Waals surface area contributed by atoms with E-state index in [0.29, 0.717) is 12.8 Å². The molecule has 0 heterocycles. The highest BCUT2D eigenvalue weighted by molar-refractivity contribution is 6.04. The smallest absolute Gasteiger partial charge is 0.338 e.